The molecule has 2 aromatic carbocycles. The van der Waals surface area contributed by atoms with E-state index >= 15 is 0 Å². The van der Waals surface area contributed by atoms with Gasteiger partial charge in [0.2, 0.25) is 0 Å². The third-order valence-electron chi connectivity index (χ3n) is 6.40. The normalized spacial score (nSPS) is 20.3. The fraction of sp³-hybridized carbons (Fsp3) is 0.538. The smallest absolute Gasteiger partial charge is 0.261 e. The average molecular weight is 427 g/mol. The van der Waals surface area contributed by atoms with Crippen LogP contribution in [0, 0.1) is 5.92 Å². The van der Waals surface area contributed by atoms with Gasteiger partial charge in [-0.05, 0) is 53.4 Å². The Morgan fingerprint density at radius 3 is 1.87 bits per heavy atom. The van der Waals surface area contributed by atoms with Gasteiger partial charge in [0.05, 0.1) is 6.10 Å². The summed E-state index contributed by atoms with van der Waals surface area (Å²) in [6.45, 7) is 8.71. The topological polar surface area (TPSA) is 38.7 Å². The van der Waals surface area contributed by atoms with Gasteiger partial charge < -0.3 is 14.3 Å². The van der Waals surface area contributed by atoms with Gasteiger partial charge in [-0.3, -0.25) is 0 Å². The van der Waals surface area contributed by atoms with E-state index in [1.165, 1.54) is 10.4 Å². The first-order valence-electron chi connectivity index (χ1n) is 11.4. The van der Waals surface area contributed by atoms with Crippen molar-refractivity contribution in [3.8, 4) is 0 Å². The Morgan fingerprint density at radius 1 is 0.867 bits per heavy atom. The average Bonchev–Trinajstić information content (AvgIpc) is 2.76. The molecule has 1 fully saturated rings. The summed E-state index contributed by atoms with van der Waals surface area (Å²) in [7, 11) is -2.44. The minimum absolute atomic E-state index is 0.0281. The molecule has 0 radical (unpaired) electrons. The molecule has 0 unspecified atom stereocenters. The van der Waals surface area contributed by atoms with Gasteiger partial charge in [0.1, 0.15) is 0 Å². The lowest BCUT2D eigenvalue weighted by Gasteiger charge is -2.44. The van der Waals surface area contributed by atoms with Crippen LogP contribution >= 0.6 is 0 Å². The van der Waals surface area contributed by atoms with E-state index in [1.807, 2.05) is 0 Å². The lowest BCUT2D eigenvalue weighted by Crippen LogP contribution is -2.67. The van der Waals surface area contributed by atoms with Crippen molar-refractivity contribution in [2.24, 2.45) is 5.92 Å². The zero-order valence-corrected chi connectivity index (χ0v) is 19.8. The fourth-order valence-corrected chi connectivity index (χ4v) is 9.43. The van der Waals surface area contributed by atoms with Crippen molar-refractivity contribution < 1.29 is 14.3 Å². The maximum absolute atomic E-state index is 8.94. The molecule has 0 amide bonds. The second-order valence-electron chi connectivity index (χ2n) is 9.56. The fourth-order valence-electron chi connectivity index (χ4n) is 4.78. The number of benzene rings is 2. The molecule has 1 aliphatic rings. The molecular weight excluding hydrogens is 388 g/mol. The first-order chi connectivity index (χ1) is 14.5. The zero-order chi connectivity index (χ0) is 21.5. The van der Waals surface area contributed by atoms with Crippen LogP contribution in [-0.2, 0) is 9.16 Å². The second-order valence-corrected chi connectivity index (χ2v) is 13.9. The van der Waals surface area contributed by atoms with Crippen molar-refractivity contribution in [2.45, 2.75) is 64.0 Å². The molecule has 1 N–H and O–H groups in total. The van der Waals surface area contributed by atoms with E-state index in [2.05, 4.69) is 81.4 Å². The Labute approximate surface area is 183 Å². The van der Waals surface area contributed by atoms with Crippen LogP contribution in [0.3, 0.4) is 0 Å². The van der Waals surface area contributed by atoms with E-state index in [4.69, 9.17) is 14.3 Å². The Balaban J connectivity index is 1.76. The number of aliphatic hydroxyl groups is 1. The molecule has 30 heavy (non-hydrogen) atoms. The van der Waals surface area contributed by atoms with Gasteiger partial charge in [-0.15, -0.1) is 0 Å². The van der Waals surface area contributed by atoms with Crippen molar-refractivity contribution in [2.75, 3.05) is 19.8 Å². The maximum Gasteiger partial charge on any atom is 0.261 e. The summed E-state index contributed by atoms with van der Waals surface area (Å²) in [6, 6.07) is 21.8. The van der Waals surface area contributed by atoms with E-state index in [0.717, 1.165) is 38.7 Å². The van der Waals surface area contributed by atoms with E-state index in [9.17, 15) is 0 Å². The molecule has 2 aromatic rings. The minimum Gasteiger partial charge on any atom is -0.407 e. The van der Waals surface area contributed by atoms with Gasteiger partial charge in [-0.2, -0.15) is 0 Å². The quantitative estimate of drug-likeness (QED) is 0.473. The van der Waals surface area contributed by atoms with Gasteiger partial charge in [0.15, 0.2) is 0 Å². The van der Waals surface area contributed by atoms with Crippen LogP contribution in [0.2, 0.25) is 5.04 Å². The molecule has 0 heterocycles. The highest BCUT2D eigenvalue weighted by Gasteiger charge is 2.50. The Hall–Kier alpha value is -1.46. The Kier molecular flexibility index (Phi) is 8.29. The molecular formula is C26H38O3Si. The lowest BCUT2D eigenvalue weighted by atomic mass is 9.88. The monoisotopic (exact) mass is 426 g/mol. The summed E-state index contributed by atoms with van der Waals surface area (Å²) in [4.78, 5) is 0. The summed E-state index contributed by atoms with van der Waals surface area (Å²) in [5.41, 5.74) is 0. The molecule has 0 aliphatic heterocycles. The standard InChI is InChI=1S/C26H38O3Si/c1-26(2,3)30(24-11-6-4-7-12-24,25-13-8-5-9-14-25)29-21-22-15-17-23(18-16-22)28-20-10-19-27/h4-9,11-14,22-23,27H,10,15-21H2,1-3H3. The summed E-state index contributed by atoms with van der Waals surface area (Å²) in [6.07, 6.45) is 5.59. The van der Waals surface area contributed by atoms with Gasteiger partial charge in [0.25, 0.3) is 8.32 Å². The molecule has 3 rings (SSSR count). The van der Waals surface area contributed by atoms with Crippen LogP contribution in [0.15, 0.2) is 60.7 Å². The van der Waals surface area contributed by atoms with Crippen LogP contribution in [0.5, 0.6) is 0 Å². The molecule has 0 spiro atoms. The largest absolute Gasteiger partial charge is 0.407 e. The Morgan fingerprint density at radius 2 is 1.40 bits per heavy atom. The number of hydrogen-bond donors (Lipinski definition) is 1. The molecule has 0 saturated heterocycles. The molecule has 0 atom stereocenters. The molecule has 164 valence electrons. The van der Waals surface area contributed by atoms with Crippen LogP contribution in [0.4, 0.5) is 0 Å². The van der Waals surface area contributed by atoms with E-state index in [0.29, 0.717) is 18.6 Å². The second kappa shape index (κ2) is 10.7. The highest BCUT2D eigenvalue weighted by molar-refractivity contribution is 6.99. The third kappa shape index (κ3) is 5.41. The van der Waals surface area contributed by atoms with E-state index in [-0.39, 0.29) is 11.6 Å². The lowest BCUT2D eigenvalue weighted by molar-refractivity contribution is 0.00674. The molecule has 0 aromatic heterocycles. The zero-order valence-electron chi connectivity index (χ0n) is 18.8. The predicted molar refractivity (Wildman–Crippen MR) is 127 cm³/mol. The van der Waals surface area contributed by atoms with Crippen molar-refractivity contribution in [1.29, 1.82) is 0 Å². The van der Waals surface area contributed by atoms with Crippen LogP contribution in [-0.4, -0.2) is 39.3 Å². The van der Waals surface area contributed by atoms with Crippen molar-refractivity contribution in [3.05, 3.63) is 60.7 Å². The highest BCUT2D eigenvalue weighted by Crippen LogP contribution is 2.38. The van der Waals surface area contributed by atoms with E-state index in [1.54, 1.807) is 0 Å². The summed E-state index contributed by atoms with van der Waals surface area (Å²) >= 11 is 0. The predicted octanol–water partition coefficient (Wildman–Crippen LogP) is 4.52. The third-order valence-corrected chi connectivity index (χ3v) is 11.4. The van der Waals surface area contributed by atoms with Crippen molar-refractivity contribution >= 4 is 18.7 Å². The van der Waals surface area contributed by atoms with Crippen LogP contribution in [0.25, 0.3) is 0 Å². The number of rotatable bonds is 9. The number of hydrogen-bond acceptors (Lipinski definition) is 3. The molecule has 0 bridgehead atoms. The van der Waals surface area contributed by atoms with Crippen LogP contribution < -0.4 is 10.4 Å². The van der Waals surface area contributed by atoms with Gasteiger partial charge in [-0.1, -0.05) is 81.4 Å². The minimum atomic E-state index is -2.44. The first kappa shape index (κ1) is 23.2. The molecule has 3 nitrogen and oxygen atoms in total. The highest BCUT2D eigenvalue weighted by atomic mass is 28.4. The van der Waals surface area contributed by atoms with Gasteiger partial charge in [0, 0.05) is 19.8 Å². The van der Waals surface area contributed by atoms with Crippen molar-refractivity contribution in [3.63, 3.8) is 0 Å². The maximum atomic E-state index is 8.94. The Bertz CT molecular complexity index is 694. The summed E-state index contributed by atoms with van der Waals surface area (Å²) < 4.78 is 13.0. The van der Waals surface area contributed by atoms with Crippen LogP contribution in [0.1, 0.15) is 52.9 Å². The van der Waals surface area contributed by atoms with Crippen molar-refractivity contribution in [1.82, 2.24) is 0 Å². The van der Waals surface area contributed by atoms with Gasteiger partial charge in [-0.25, -0.2) is 0 Å². The first-order valence-corrected chi connectivity index (χ1v) is 13.4. The van der Waals surface area contributed by atoms with E-state index < -0.39 is 8.32 Å². The number of ether oxygens (including phenoxy) is 1. The SMILES string of the molecule is CC(C)(C)[Si](OCC1CCC(OCCCO)CC1)(c1ccccc1)c1ccccc1. The summed E-state index contributed by atoms with van der Waals surface area (Å²) in [5.74, 6) is 0.587. The molecule has 1 aliphatic carbocycles. The molecule has 4 heteroatoms. The van der Waals surface area contributed by atoms with Gasteiger partial charge >= 0.3 is 0 Å². The molecule has 1 saturated carbocycles. The summed E-state index contributed by atoms with van der Waals surface area (Å²) in [5, 5.41) is 11.7. The number of aliphatic hydroxyl groups excluding tert-OH is 1.